The minimum absolute atomic E-state index is 0.108. The lowest BCUT2D eigenvalue weighted by molar-refractivity contribution is 0.318. The third-order valence-electron chi connectivity index (χ3n) is 4.01. The van der Waals surface area contributed by atoms with E-state index in [0.29, 0.717) is 13.2 Å². The molecule has 2 rings (SSSR count). The molecule has 100 valence electrons. The summed E-state index contributed by atoms with van der Waals surface area (Å²) >= 11 is 0. The van der Waals surface area contributed by atoms with Crippen LogP contribution in [0, 0.1) is 0 Å². The molecule has 0 unspecified atom stereocenters. The van der Waals surface area contributed by atoms with Crippen LogP contribution >= 0.6 is 0 Å². The van der Waals surface area contributed by atoms with Gasteiger partial charge in [0.2, 0.25) is 0 Å². The second kappa shape index (κ2) is 5.61. The first-order valence-corrected chi connectivity index (χ1v) is 6.77. The van der Waals surface area contributed by atoms with E-state index in [0.717, 1.165) is 24.3 Å². The lowest BCUT2D eigenvalue weighted by Crippen LogP contribution is -2.32. The molecule has 1 fully saturated rings. The zero-order valence-electron chi connectivity index (χ0n) is 11.4. The molecular weight excluding hydrogens is 226 g/mol. The molecule has 1 aliphatic carbocycles. The molecule has 1 aromatic rings. The highest BCUT2D eigenvalue weighted by atomic mass is 16.5. The molecule has 0 saturated heterocycles. The van der Waals surface area contributed by atoms with Crippen molar-refractivity contribution in [2.75, 3.05) is 20.3 Å². The Bertz CT molecular complexity index is 397. The van der Waals surface area contributed by atoms with Gasteiger partial charge in [-0.05, 0) is 25.8 Å². The van der Waals surface area contributed by atoms with E-state index in [9.17, 15) is 0 Å². The van der Waals surface area contributed by atoms with Crippen LogP contribution in [0.25, 0.3) is 0 Å². The summed E-state index contributed by atoms with van der Waals surface area (Å²) in [6.45, 7) is 3.37. The van der Waals surface area contributed by atoms with Gasteiger partial charge in [-0.25, -0.2) is 0 Å². The van der Waals surface area contributed by atoms with Crippen molar-refractivity contribution in [1.82, 2.24) is 0 Å². The highest BCUT2D eigenvalue weighted by molar-refractivity contribution is 5.46. The van der Waals surface area contributed by atoms with Crippen LogP contribution in [-0.4, -0.2) is 20.3 Å². The van der Waals surface area contributed by atoms with Gasteiger partial charge in [-0.2, -0.15) is 0 Å². The molecular formula is C15H23NO2. The average Bonchev–Trinajstić information content (AvgIpc) is 2.89. The van der Waals surface area contributed by atoms with Crippen LogP contribution in [0.2, 0.25) is 0 Å². The van der Waals surface area contributed by atoms with Crippen molar-refractivity contribution >= 4 is 0 Å². The molecule has 1 saturated carbocycles. The van der Waals surface area contributed by atoms with E-state index in [4.69, 9.17) is 15.2 Å². The highest BCUT2D eigenvalue weighted by Crippen LogP contribution is 2.44. The van der Waals surface area contributed by atoms with Crippen LogP contribution in [0.15, 0.2) is 18.2 Å². The molecule has 0 atom stereocenters. The summed E-state index contributed by atoms with van der Waals surface area (Å²) in [6.07, 6.45) is 4.84. The Kier molecular flexibility index (Phi) is 4.12. The molecule has 3 heteroatoms. The Morgan fingerprint density at radius 3 is 2.56 bits per heavy atom. The molecule has 0 bridgehead atoms. The highest BCUT2D eigenvalue weighted by Gasteiger charge is 2.36. The average molecular weight is 249 g/mol. The van der Waals surface area contributed by atoms with Crippen LogP contribution in [-0.2, 0) is 5.41 Å². The molecule has 3 nitrogen and oxygen atoms in total. The molecule has 0 heterocycles. The van der Waals surface area contributed by atoms with Crippen molar-refractivity contribution in [3.63, 3.8) is 0 Å². The zero-order chi connectivity index (χ0) is 13.0. The largest absolute Gasteiger partial charge is 0.497 e. The number of benzene rings is 1. The number of nitrogens with two attached hydrogens (primary N) is 1. The fourth-order valence-corrected chi connectivity index (χ4v) is 2.98. The Balaban J connectivity index is 2.41. The van der Waals surface area contributed by atoms with Crippen molar-refractivity contribution in [3.05, 3.63) is 23.8 Å². The maximum atomic E-state index is 6.05. The quantitative estimate of drug-likeness (QED) is 0.872. The summed E-state index contributed by atoms with van der Waals surface area (Å²) in [5.74, 6) is 1.77. The molecule has 0 radical (unpaired) electrons. The third kappa shape index (κ3) is 2.32. The van der Waals surface area contributed by atoms with E-state index >= 15 is 0 Å². The van der Waals surface area contributed by atoms with E-state index in [1.807, 2.05) is 19.1 Å². The summed E-state index contributed by atoms with van der Waals surface area (Å²) in [4.78, 5) is 0. The number of rotatable bonds is 5. The first kappa shape index (κ1) is 13.2. The van der Waals surface area contributed by atoms with Gasteiger partial charge in [-0.15, -0.1) is 0 Å². The second-order valence-corrected chi connectivity index (χ2v) is 4.99. The monoisotopic (exact) mass is 249 g/mol. The summed E-state index contributed by atoms with van der Waals surface area (Å²) in [7, 11) is 1.68. The molecule has 0 spiro atoms. The van der Waals surface area contributed by atoms with Gasteiger partial charge in [0.15, 0.2) is 0 Å². The van der Waals surface area contributed by atoms with Crippen LogP contribution in [0.5, 0.6) is 11.5 Å². The fraction of sp³-hybridized carbons (Fsp3) is 0.600. The van der Waals surface area contributed by atoms with Crippen molar-refractivity contribution in [1.29, 1.82) is 0 Å². The Morgan fingerprint density at radius 1 is 1.28 bits per heavy atom. The van der Waals surface area contributed by atoms with Gasteiger partial charge in [0, 0.05) is 23.6 Å². The predicted molar refractivity (Wildman–Crippen MR) is 73.4 cm³/mol. The lowest BCUT2D eigenvalue weighted by Gasteiger charge is -2.30. The number of hydrogen-bond acceptors (Lipinski definition) is 3. The molecule has 0 aromatic heterocycles. The Morgan fingerprint density at radius 2 is 2.00 bits per heavy atom. The molecule has 1 aromatic carbocycles. The van der Waals surface area contributed by atoms with E-state index < -0.39 is 0 Å². The van der Waals surface area contributed by atoms with Crippen molar-refractivity contribution in [2.45, 2.75) is 38.0 Å². The van der Waals surface area contributed by atoms with E-state index in [-0.39, 0.29) is 5.41 Å². The number of ether oxygens (including phenoxy) is 2. The molecule has 18 heavy (non-hydrogen) atoms. The van der Waals surface area contributed by atoms with Crippen molar-refractivity contribution in [3.8, 4) is 11.5 Å². The molecule has 1 aliphatic rings. The summed E-state index contributed by atoms with van der Waals surface area (Å²) in [6, 6.07) is 6.12. The van der Waals surface area contributed by atoms with Gasteiger partial charge >= 0.3 is 0 Å². The van der Waals surface area contributed by atoms with Crippen molar-refractivity contribution in [2.24, 2.45) is 5.73 Å². The maximum absolute atomic E-state index is 6.05. The predicted octanol–water partition coefficient (Wildman–Crippen LogP) is 2.86. The summed E-state index contributed by atoms with van der Waals surface area (Å²) in [5, 5.41) is 0. The number of methoxy groups -OCH3 is 1. The van der Waals surface area contributed by atoms with Crippen LogP contribution in [0.3, 0.4) is 0 Å². The maximum Gasteiger partial charge on any atom is 0.126 e. The van der Waals surface area contributed by atoms with Crippen molar-refractivity contribution < 1.29 is 9.47 Å². The smallest absolute Gasteiger partial charge is 0.126 e. The fourth-order valence-electron chi connectivity index (χ4n) is 2.98. The van der Waals surface area contributed by atoms with E-state index in [1.54, 1.807) is 7.11 Å². The molecule has 0 amide bonds. The van der Waals surface area contributed by atoms with Crippen LogP contribution in [0.1, 0.15) is 38.2 Å². The Labute approximate surface area is 109 Å². The van der Waals surface area contributed by atoms with Gasteiger partial charge in [-0.3, -0.25) is 0 Å². The topological polar surface area (TPSA) is 44.5 Å². The molecule has 0 aliphatic heterocycles. The normalized spacial score (nSPS) is 17.7. The first-order chi connectivity index (χ1) is 8.75. The minimum Gasteiger partial charge on any atom is -0.497 e. The van der Waals surface area contributed by atoms with Gasteiger partial charge in [0.1, 0.15) is 11.5 Å². The summed E-state index contributed by atoms with van der Waals surface area (Å²) < 4.78 is 11.1. The van der Waals surface area contributed by atoms with Gasteiger partial charge in [-0.1, -0.05) is 18.9 Å². The third-order valence-corrected chi connectivity index (χ3v) is 4.01. The first-order valence-electron chi connectivity index (χ1n) is 6.77. The molecule has 2 N–H and O–H groups in total. The summed E-state index contributed by atoms with van der Waals surface area (Å²) in [5.41, 5.74) is 7.41. The van der Waals surface area contributed by atoms with Gasteiger partial charge in [0.05, 0.1) is 13.7 Å². The zero-order valence-corrected chi connectivity index (χ0v) is 11.4. The standard InChI is InChI=1S/C15H23NO2/c1-3-18-14-10-12(17-2)6-7-13(14)15(11-16)8-4-5-9-15/h6-7,10H,3-5,8-9,11,16H2,1-2H3. The van der Waals surface area contributed by atoms with Gasteiger partial charge < -0.3 is 15.2 Å². The number of hydrogen-bond donors (Lipinski definition) is 1. The van der Waals surface area contributed by atoms with E-state index in [2.05, 4.69) is 6.07 Å². The van der Waals surface area contributed by atoms with Gasteiger partial charge in [0.25, 0.3) is 0 Å². The SMILES string of the molecule is CCOc1cc(OC)ccc1C1(CN)CCCC1. The van der Waals surface area contributed by atoms with Crippen LogP contribution < -0.4 is 15.2 Å². The Hall–Kier alpha value is -1.22. The lowest BCUT2D eigenvalue weighted by atomic mass is 9.78. The minimum atomic E-state index is 0.108. The second-order valence-electron chi connectivity index (χ2n) is 4.99. The van der Waals surface area contributed by atoms with E-state index in [1.165, 1.54) is 18.4 Å². The van der Waals surface area contributed by atoms with Crippen LogP contribution in [0.4, 0.5) is 0 Å².